The molecule has 4 nitrogen and oxygen atoms in total. The van der Waals surface area contributed by atoms with Gasteiger partial charge < -0.3 is 10.6 Å². The lowest BCUT2D eigenvalue weighted by Crippen LogP contribution is -2.26. The molecule has 2 aliphatic carbocycles. The van der Waals surface area contributed by atoms with Gasteiger partial charge in [0.05, 0.1) is 16.8 Å². The molecule has 0 aromatic carbocycles. The van der Waals surface area contributed by atoms with Crippen molar-refractivity contribution in [2.24, 2.45) is 5.92 Å². The van der Waals surface area contributed by atoms with Crippen LogP contribution in [0.1, 0.15) is 103 Å². The summed E-state index contributed by atoms with van der Waals surface area (Å²) in [5.74, 6) is 0.176. The molecule has 4 heteroatoms. The van der Waals surface area contributed by atoms with Crippen LogP contribution in [0.5, 0.6) is 0 Å². The average molecular weight is 397 g/mol. The first-order valence-electron chi connectivity index (χ1n) is 12.1. The summed E-state index contributed by atoms with van der Waals surface area (Å²) in [5, 5.41) is 6.24. The van der Waals surface area contributed by atoms with Crippen LogP contribution in [0.15, 0.2) is 34.2 Å². The van der Waals surface area contributed by atoms with Crippen molar-refractivity contribution in [3.63, 3.8) is 0 Å². The fraction of sp³-hybridized carbons (Fsp3) is 0.680. The van der Waals surface area contributed by atoms with E-state index in [1.807, 2.05) is 0 Å². The topological polar surface area (TPSA) is 58.2 Å². The standard InChI is InChI=1S/C25H36N2O2/c28-24-20-21(23(27-24)19-16-12-8-4-5-9-13-17-19)25(29)26-22(20)18-14-10-6-2-1-3-7-11-15-18/h14,19H,1-13,15-17H2,(H,26,29)(H,27,28)/b18-14+. The van der Waals surface area contributed by atoms with Gasteiger partial charge in [-0.25, -0.2) is 0 Å². The molecule has 4 aliphatic rings. The molecule has 2 N–H and O–H groups in total. The summed E-state index contributed by atoms with van der Waals surface area (Å²) in [6.45, 7) is 0. The Balaban J connectivity index is 1.64. The maximum Gasteiger partial charge on any atom is 0.258 e. The Bertz CT molecular complexity index is 734. The maximum atomic E-state index is 13.0. The van der Waals surface area contributed by atoms with Gasteiger partial charge in [-0.1, -0.05) is 70.3 Å². The highest BCUT2D eigenvalue weighted by Crippen LogP contribution is 2.39. The zero-order valence-electron chi connectivity index (χ0n) is 17.8. The van der Waals surface area contributed by atoms with Gasteiger partial charge in [-0.15, -0.1) is 0 Å². The molecule has 158 valence electrons. The molecule has 4 rings (SSSR count). The second kappa shape index (κ2) is 9.77. The molecule has 0 aromatic heterocycles. The van der Waals surface area contributed by atoms with Crippen LogP contribution in [0.3, 0.4) is 0 Å². The first kappa shape index (κ1) is 20.4. The van der Waals surface area contributed by atoms with Crippen molar-refractivity contribution < 1.29 is 9.59 Å². The Hall–Kier alpha value is -1.84. The number of allylic oxidation sites excluding steroid dienone is 3. The Kier molecular flexibility index (Phi) is 6.89. The van der Waals surface area contributed by atoms with E-state index in [9.17, 15) is 9.59 Å². The minimum absolute atomic E-state index is 0.0683. The molecular formula is C25H36N2O2. The van der Waals surface area contributed by atoms with E-state index in [0.717, 1.165) is 43.5 Å². The number of amides is 2. The second-order valence-electron chi connectivity index (χ2n) is 9.23. The minimum Gasteiger partial charge on any atom is -0.325 e. The predicted molar refractivity (Wildman–Crippen MR) is 116 cm³/mol. The molecule has 0 spiro atoms. The summed E-state index contributed by atoms with van der Waals surface area (Å²) in [4.78, 5) is 26.0. The molecule has 0 radical (unpaired) electrons. The third kappa shape index (κ3) is 4.67. The second-order valence-corrected chi connectivity index (χ2v) is 9.23. The third-order valence-corrected chi connectivity index (χ3v) is 7.09. The monoisotopic (exact) mass is 396 g/mol. The summed E-state index contributed by atoms with van der Waals surface area (Å²) < 4.78 is 0. The van der Waals surface area contributed by atoms with Gasteiger partial charge in [-0.05, 0) is 50.0 Å². The maximum absolute atomic E-state index is 13.0. The van der Waals surface area contributed by atoms with E-state index in [2.05, 4.69) is 16.7 Å². The minimum atomic E-state index is -0.0683. The van der Waals surface area contributed by atoms with Crippen LogP contribution in [-0.2, 0) is 9.59 Å². The largest absolute Gasteiger partial charge is 0.325 e. The lowest BCUT2D eigenvalue weighted by molar-refractivity contribution is -0.117. The van der Waals surface area contributed by atoms with Crippen LogP contribution < -0.4 is 10.6 Å². The van der Waals surface area contributed by atoms with Crippen molar-refractivity contribution in [2.75, 3.05) is 0 Å². The lowest BCUT2D eigenvalue weighted by atomic mass is 9.90. The fourth-order valence-corrected chi connectivity index (χ4v) is 5.45. The first-order chi connectivity index (χ1) is 14.3. The highest BCUT2D eigenvalue weighted by molar-refractivity contribution is 6.20. The Labute approximate surface area is 175 Å². The van der Waals surface area contributed by atoms with Crippen LogP contribution in [0.2, 0.25) is 0 Å². The number of hydrogen-bond donors (Lipinski definition) is 2. The van der Waals surface area contributed by atoms with E-state index in [4.69, 9.17) is 0 Å². The van der Waals surface area contributed by atoms with Crippen molar-refractivity contribution >= 4 is 11.8 Å². The van der Waals surface area contributed by atoms with E-state index < -0.39 is 0 Å². The molecule has 1 fully saturated rings. The van der Waals surface area contributed by atoms with E-state index in [-0.39, 0.29) is 11.8 Å². The SMILES string of the molecule is O=C1NC(C2CCCCCCCC2)=C2C(=O)NC(/C3=C/CCCCCCCC3)=C12. The van der Waals surface area contributed by atoms with Crippen LogP contribution in [0.25, 0.3) is 0 Å². The summed E-state index contributed by atoms with van der Waals surface area (Å²) in [6, 6.07) is 0. The van der Waals surface area contributed by atoms with Gasteiger partial charge in [-0.3, -0.25) is 9.59 Å². The zero-order valence-corrected chi connectivity index (χ0v) is 17.8. The number of nitrogens with one attached hydrogen (secondary N) is 2. The third-order valence-electron chi connectivity index (χ3n) is 7.09. The molecule has 0 unspecified atom stereocenters. The average Bonchev–Trinajstić information content (AvgIpc) is 3.28. The number of fused-ring (bicyclic) bond motifs is 1. The van der Waals surface area contributed by atoms with Gasteiger partial charge in [-0.2, -0.15) is 0 Å². The van der Waals surface area contributed by atoms with Gasteiger partial charge in [0.2, 0.25) is 0 Å². The predicted octanol–water partition coefficient (Wildman–Crippen LogP) is 5.57. The lowest BCUT2D eigenvalue weighted by Gasteiger charge is -2.18. The van der Waals surface area contributed by atoms with E-state index in [1.165, 1.54) is 76.2 Å². The van der Waals surface area contributed by atoms with Crippen molar-refractivity contribution in [3.8, 4) is 0 Å². The van der Waals surface area contributed by atoms with E-state index in [0.29, 0.717) is 17.1 Å². The van der Waals surface area contributed by atoms with Crippen LogP contribution in [0, 0.1) is 5.92 Å². The van der Waals surface area contributed by atoms with Crippen LogP contribution >= 0.6 is 0 Å². The summed E-state index contributed by atoms with van der Waals surface area (Å²) in [7, 11) is 0. The summed E-state index contributed by atoms with van der Waals surface area (Å²) >= 11 is 0. The highest BCUT2D eigenvalue weighted by Gasteiger charge is 2.42. The first-order valence-corrected chi connectivity index (χ1v) is 12.1. The van der Waals surface area contributed by atoms with Crippen molar-refractivity contribution in [2.45, 2.75) is 103 Å². The van der Waals surface area contributed by atoms with Gasteiger partial charge in [0, 0.05) is 5.70 Å². The van der Waals surface area contributed by atoms with E-state index in [1.54, 1.807) is 0 Å². The van der Waals surface area contributed by atoms with E-state index >= 15 is 0 Å². The Morgan fingerprint density at radius 2 is 1.24 bits per heavy atom. The molecule has 1 saturated carbocycles. The van der Waals surface area contributed by atoms with Crippen LogP contribution in [0.4, 0.5) is 0 Å². The van der Waals surface area contributed by atoms with Crippen molar-refractivity contribution in [1.82, 2.24) is 10.6 Å². The number of carbonyl (C=O) groups excluding carboxylic acids is 2. The molecule has 29 heavy (non-hydrogen) atoms. The molecule has 2 aliphatic heterocycles. The molecule has 0 bridgehead atoms. The summed E-state index contributed by atoms with van der Waals surface area (Å²) in [5.41, 5.74) is 4.19. The molecule has 0 aromatic rings. The van der Waals surface area contributed by atoms with Gasteiger partial charge in [0.1, 0.15) is 0 Å². The molecule has 0 saturated heterocycles. The smallest absolute Gasteiger partial charge is 0.258 e. The molecule has 2 heterocycles. The van der Waals surface area contributed by atoms with Crippen LogP contribution in [-0.4, -0.2) is 11.8 Å². The number of hydrogen-bond acceptors (Lipinski definition) is 2. The van der Waals surface area contributed by atoms with Gasteiger partial charge in [0.25, 0.3) is 11.8 Å². The molecular weight excluding hydrogens is 360 g/mol. The van der Waals surface area contributed by atoms with Gasteiger partial charge in [0.15, 0.2) is 0 Å². The molecule has 0 atom stereocenters. The van der Waals surface area contributed by atoms with Gasteiger partial charge >= 0.3 is 0 Å². The molecule has 2 amide bonds. The summed E-state index contributed by atoms with van der Waals surface area (Å²) in [6.07, 6.45) is 21.4. The fourth-order valence-electron chi connectivity index (χ4n) is 5.45. The van der Waals surface area contributed by atoms with Crippen molar-refractivity contribution in [3.05, 3.63) is 34.2 Å². The zero-order chi connectivity index (χ0) is 20.1. The number of rotatable bonds is 2. The normalized spacial score (nSPS) is 27.4. The van der Waals surface area contributed by atoms with Crippen molar-refractivity contribution in [1.29, 1.82) is 0 Å². The number of carbonyl (C=O) groups is 2. The highest BCUT2D eigenvalue weighted by atomic mass is 16.2. The Morgan fingerprint density at radius 1 is 0.655 bits per heavy atom. The quantitative estimate of drug-likeness (QED) is 0.641. The Morgan fingerprint density at radius 3 is 1.97 bits per heavy atom.